The van der Waals surface area contributed by atoms with Gasteiger partial charge in [0.1, 0.15) is 5.60 Å². The fourth-order valence-corrected chi connectivity index (χ4v) is 1.55. The predicted molar refractivity (Wildman–Crippen MR) is 51.2 cm³/mol. The Hall–Kier alpha value is -1.60. The Labute approximate surface area is 91.3 Å². The second kappa shape index (κ2) is 3.76. The zero-order valence-corrected chi connectivity index (χ0v) is 8.85. The monoisotopic (exact) mass is 231 g/mol. The second-order valence-electron chi connectivity index (χ2n) is 3.99. The first-order chi connectivity index (χ1) is 7.19. The van der Waals surface area contributed by atoms with Crippen LogP contribution in [0.25, 0.3) is 0 Å². The van der Waals surface area contributed by atoms with Gasteiger partial charge in [-0.2, -0.15) is 0 Å². The van der Waals surface area contributed by atoms with E-state index in [9.17, 15) is 14.7 Å². The molecule has 0 saturated carbocycles. The topological polar surface area (TPSA) is 116 Å². The quantitative estimate of drug-likeness (QED) is 0.481. The molecule has 1 atom stereocenters. The smallest absolute Gasteiger partial charge is 0.347 e. The fraction of sp³-hybridized carbons (Fsp3) is 0.556. The molecule has 0 aliphatic carbocycles. The number of carbonyl (C=O) groups is 2. The number of hydrogen-bond acceptors (Lipinski definition) is 5. The van der Waals surface area contributed by atoms with Crippen LogP contribution in [0.5, 0.6) is 0 Å². The van der Waals surface area contributed by atoms with Gasteiger partial charge in [0.2, 0.25) is 0 Å². The van der Waals surface area contributed by atoms with Gasteiger partial charge in [0.15, 0.2) is 0 Å². The number of carboxylic acid groups (broad SMARTS) is 2. The van der Waals surface area contributed by atoms with Gasteiger partial charge in [0.25, 0.3) is 5.60 Å². The van der Waals surface area contributed by atoms with Crippen LogP contribution < -0.4 is 5.48 Å². The first kappa shape index (κ1) is 12.5. The molecule has 0 spiro atoms. The number of hydrogen-bond donors (Lipinski definition) is 4. The van der Waals surface area contributed by atoms with Gasteiger partial charge in [-0.3, -0.25) is 10.3 Å². The summed E-state index contributed by atoms with van der Waals surface area (Å²) in [5.41, 5.74) is -0.934. The van der Waals surface area contributed by atoms with Crippen molar-refractivity contribution in [3.8, 4) is 0 Å². The highest BCUT2D eigenvalue weighted by Crippen LogP contribution is 2.29. The molecule has 0 saturated heterocycles. The lowest BCUT2D eigenvalue weighted by Gasteiger charge is -2.27. The summed E-state index contributed by atoms with van der Waals surface area (Å²) in [6.45, 7) is 3.15. The minimum atomic E-state index is -2.86. The lowest BCUT2D eigenvalue weighted by atomic mass is 9.88. The molecule has 0 bridgehead atoms. The van der Waals surface area contributed by atoms with Crippen LogP contribution in [0, 0.1) is 0 Å². The summed E-state index contributed by atoms with van der Waals surface area (Å²) < 4.78 is 0. The first-order valence-corrected chi connectivity index (χ1v) is 4.52. The number of nitrogens with one attached hydrogen (secondary N) is 1. The number of rotatable bonds is 4. The predicted octanol–water partition coefficient (Wildman–Crippen LogP) is -0.526. The van der Waals surface area contributed by atoms with E-state index in [1.807, 2.05) is 0 Å². The third-order valence-electron chi connectivity index (χ3n) is 2.28. The molecule has 90 valence electrons. The zero-order valence-electron chi connectivity index (χ0n) is 8.85. The van der Waals surface area contributed by atoms with Gasteiger partial charge in [0.05, 0.1) is 0 Å². The van der Waals surface area contributed by atoms with E-state index in [4.69, 9.17) is 15.1 Å². The van der Waals surface area contributed by atoms with Crippen molar-refractivity contribution in [1.29, 1.82) is 0 Å². The van der Waals surface area contributed by atoms with E-state index >= 15 is 0 Å². The Morgan fingerprint density at radius 2 is 2.00 bits per heavy atom. The number of aliphatic carboxylic acids is 2. The van der Waals surface area contributed by atoms with Crippen molar-refractivity contribution in [3.05, 3.63) is 11.8 Å². The molecule has 7 heteroatoms. The minimum absolute atomic E-state index is 0.588. The molecule has 0 aromatic carbocycles. The highest BCUT2D eigenvalue weighted by Gasteiger charge is 2.51. The lowest BCUT2D eigenvalue weighted by molar-refractivity contribution is -0.183. The number of allylic oxidation sites excluding steroid dienone is 1. The minimum Gasteiger partial charge on any atom is -0.479 e. The first-order valence-electron chi connectivity index (χ1n) is 4.52. The molecule has 1 heterocycles. The summed E-state index contributed by atoms with van der Waals surface area (Å²) in [7, 11) is 0. The maximum absolute atomic E-state index is 10.7. The van der Waals surface area contributed by atoms with E-state index in [2.05, 4.69) is 5.48 Å². The van der Waals surface area contributed by atoms with E-state index < -0.39 is 29.6 Å². The molecule has 0 radical (unpaired) electrons. The highest BCUT2D eigenvalue weighted by atomic mass is 16.7. The van der Waals surface area contributed by atoms with Crippen LogP contribution in [0.2, 0.25) is 0 Å². The van der Waals surface area contributed by atoms with Crippen LogP contribution in [0.3, 0.4) is 0 Å². The molecule has 1 aliphatic rings. The zero-order chi connectivity index (χ0) is 12.6. The van der Waals surface area contributed by atoms with E-state index in [1.165, 1.54) is 13.0 Å². The summed E-state index contributed by atoms with van der Waals surface area (Å²) in [5, 5.41) is 27.0. The maximum atomic E-state index is 10.7. The van der Waals surface area contributed by atoms with Gasteiger partial charge in [-0.15, -0.1) is 0 Å². The van der Waals surface area contributed by atoms with Crippen LogP contribution in [0.15, 0.2) is 11.8 Å². The van der Waals surface area contributed by atoms with Gasteiger partial charge in [-0.1, -0.05) is 0 Å². The summed E-state index contributed by atoms with van der Waals surface area (Å²) in [6.07, 6.45) is 0.929. The van der Waals surface area contributed by atoms with Crippen molar-refractivity contribution in [2.24, 2.45) is 0 Å². The Morgan fingerprint density at radius 1 is 1.50 bits per heavy atom. The molecule has 0 aromatic heterocycles. The molecule has 7 nitrogen and oxygen atoms in total. The van der Waals surface area contributed by atoms with E-state index in [1.54, 1.807) is 6.92 Å². The summed E-state index contributed by atoms with van der Waals surface area (Å²) in [5.74, 6) is -3.63. The third-order valence-corrected chi connectivity index (χ3v) is 2.28. The molecule has 1 unspecified atom stereocenters. The summed E-state index contributed by atoms with van der Waals surface area (Å²) >= 11 is 0. The molecule has 0 fully saturated rings. The van der Waals surface area contributed by atoms with E-state index in [-0.39, 0.29) is 0 Å². The lowest BCUT2D eigenvalue weighted by Crippen LogP contribution is -2.51. The fourth-order valence-electron chi connectivity index (χ4n) is 1.55. The van der Waals surface area contributed by atoms with E-state index in [0.717, 1.165) is 0 Å². The van der Waals surface area contributed by atoms with Crippen LogP contribution in [-0.4, -0.2) is 38.5 Å². The second-order valence-corrected chi connectivity index (χ2v) is 3.99. The molecule has 0 aromatic rings. The maximum Gasteiger partial charge on any atom is 0.347 e. The SMILES string of the molecule is CC1=CC(C)(CC(O)(C(=O)O)C(=O)O)ON1. The van der Waals surface area contributed by atoms with Gasteiger partial charge >= 0.3 is 11.9 Å². The normalized spacial score (nSPS) is 24.8. The Balaban J connectivity index is 2.94. The Morgan fingerprint density at radius 3 is 2.31 bits per heavy atom. The van der Waals surface area contributed by atoms with E-state index in [0.29, 0.717) is 5.70 Å². The number of hydroxylamine groups is 1. The van der Waals surface area contributed by atoms with Crippen molar-refractivity contribution in [1.82, 2.24) is 5.48 Å². The Bertz CT molecular complexity index is 349. The molecule has 16 heavy (non-hydrogen) atoms. The molecular formula is C9H13NO6. The van der Waals surface area contributed by atoms with Gasteiger partial charge in [0, 0.05) is 12.1 Å². The van der Waals surface area contributed by atoms with Crippen molar-refractivity contribution < 1.29 is 29.7 Å². The Kier molecular flexibility index (Phi) is 2.93. The van der Waals surface area contributed by atoms with Gasteiger partial charge in [-0.25, -0.2) is 9.59 Å². The molecule has 1 aliphatic heterocycles. The molecule has 0 amide bonds. The van der Waals surface area contributed by atoms with Crippen LogP contribution >= 0.6 is 0 Å². The number of carboxylic acids is 2. The van der Waals surface area contributed by atoms with Crippen molar-refractivity contribution in [3.63, 3.8) is 0 Å². The average molecular weight is 231 g/mol. The van der Waals surface area contributed by atoms with Gasteiger partial charge < -0.3 is 15.3 Å². The highest BCUT2D eigenvalue weighted by molar-refractivity contribution is 6.01. The van der Waals surface area contributed by atoms with Crippen molar-refractivity contribution in [2.75, 3.05) is 0 Å². The van der Waals surface area contributed by atoms with Crippen molar-refractivity contribution >= 4 is 11.9 Å². The summed E-state index contributed by atoms with van der Waals surface area (Å²) in [4.78, 5) is 26.5. The molecular weight excluding hydrogens is 218 g/mol. The molecule has 4 N–H and O–H groups in total. The number of aliphatic hydroxyl groups is 1. The van der Waals surface area contributed by atoms with Crippen LogP contribution in [0.1, 0.15) is 20.3 Å². The molecule has 1 rings (SSSR count). The standard InChI is InChI=1S/C9H13NO6/c1-5-3-8(2,16-10-5)4-9(15,6(11)12)7(13)14/h3,10,15H,4H2,1-2H3,(H,11,12)(H,13,14). The van der Waals surface area contributed by atoms with Crippen LogP contribution in [-0.2, 0) is 14.4 Å². The van der Waals surface area contributed by atoms with Crippen LogP contribution in [0.4, 0.5) is 0 Å². The average Bonchev–Trinajstić information content (AvgIpc) is 2.45. The van der Waals surface area contributed by atoms with Gasteiger partial charge in [-0.05, 0) is 19.9 Å². The third kappa shape index (κ3) is 2.15. The summed E-state index contributed by atoms with van der Waals surface area (Å²) in [6, 6.07) is 0. The largest absolute Gasteiger partial charge is 0.479 e. The van der Waals surface area contributed by atoms with Crippen molar-refractivity contribution in [2.45, 2.75) is 31.5 Å².